The highest BCUT2D eigenvalue weighted by Gasteiger charge is 2.39. The predicted molar refractivity (Wildman–Crippen MR) is 216 cm³/mol. The number of nitrogens with zero attached hydrogens (tertiary/aromatic N) is 2. The van der Waals surface area contributed by atoms with Crippen molar-refractivity contribution < 1.29 is 0 Å². The normalized spacial score (nSPS) is 14.5. The van der Waals surface area contributed by atoms with Gasteiger partial charge in [0.15, 0.2) is 5.82 Å². The van der Waals surface area contributed by atoms with Crippen molar-refractivity contribution in [2.45, 2.75) is 38.5 Å². The van der Waals surface area contributed by atoms with Crippen molar-refractivity contribution in [3.8, 4) is 67.3 Å². The van der Waals surface area contributed by atoms with Gasteiger partial charge in [0.2, 0.25) is 0 Å². The van der Waals surface area contributed by atoms with Crippen molar-refractivity contribution in [2.24, 2.45) is 0 Å². The lowest BCUT2D eigenvalue weighted by atomic mass is 9.81. The first kappa shape index (κ1) is 30.7. The number of benzene rings is 7. The Labute approximate surface area is 305 Å². The van der Waals surface area contributed by atoms with Crippen LogP contribution in [0.2, 0.25) is 0 Å². The Kier molecular flexibility index (Phi) is 6.60. The first-order chi connectivity index (χ1) is 25.3. The first-order valence-electron chi connectivity index (χ1n) is 18.3. The summed E-state index contributed by atoms with van der Waals surface area (Å²) in [5.74, 6) is 0.733. The number of hydrogen-bond acceptors (Lipinski definition) is 2. The summed E-state index contributed by atoms with van der Waals surface area (Å²) >= 11 is 0. The summed E-state index contributed by atoms with van der Waals surface area (Å²) in [7, 11) is 0. The molecule has 0 N–H and O–H groups in total. The molecule has 0 saturated carbocycles. The quantitative estimate of drug-likeness (QED) is 0.187. The lowest BCUT2D eigenvalue weighted by molar-refractivity contribution is 0.660. The number of fused-ring (bicyclic) bond motifs is 7. The minimum absolute atomic E-state index is 0.137. The molecule has 1 aromatic heterocycles. The smallest absolute Gasteiger partial charge is 0.160 e. The fourth-order valence-corrected chi connectivity index (χ4v) is 8.94. The molecule has 2 nitrogen and oxygen atoms in total. The van der Waals surface area contributed by atoms with Gasteiger partial charge in [-0.15, -0.1) is 0 Å². The van der Waals surface area contributed by atoms with Crippen LogP contribution >= 0.6 is 0 Å². The van der Waals surface area contributed by atoms with Crippen LogP contribution in [0.3, 0.4) is 0 Å². The molecule has 248 valence electrons. The van der Waals surface area contributed by atoms with E-state index in [2.05, 4.69) is 179 Å². The maximum Gasteiger partial charge on any atom is 0.160 e. The summed E-state index contributed by atoms with van der Waals surface area (Å²) in [4.78, 5) is 10.6. The SMILES string of the molecule is CC1(C)c2cc(-c3cc(-c4cccc5c4-c4cc6ccccc6cc4C5(C)C)nc(-c4ccccc4)n3)ccc2-c2c(-c3ccccc3)cccc21. The molecule has 2 heteroatoms. The van der Waals surface area contributed by atoms with Gasteiger partial charge in [0.1, 0.15) is 0 Å². The minimum atomic E-state index is -0.165. The molecule has 0 unspecified atom stereocenters. The second-order valence-electron chi connectivity index (χ2n) is 15.4. The standard InChI is InChI=1S/C50H38N2/c1-49(2)40-23-13-21-36(31-15-7-5-8-16-31)46(40)37-26-25-35(29-42(37)49)44-30-45(52-48(51-44)32-17-9-6-10-18-32)38-22-14-24-41-47(38)39-27-33-19-11-12-20-34(33)28-43(39)50(41,3)4/h5-30H,1-4H3. The van der Waals surface area contributed by atoms with Crippen LogP contribution in [0.4, 0.5) is 0 Å². The lowest BCUT2D eigenvalue weighted by Gasteiger charge is -2.22. The summed E-state index contributed by atoms with van der Waals surface area (Å²) < 4.78 is 0. The number of aromatic nitrogens is 2. The van der Waals surface area contributed by atoms with E-state index in [-0.39, 0.29) is 10.8 Å². The first-order valence-corrected chi connectivity index (χ1v) is 18.3. The molecule has 0 amide bonds. The van der Waals surface area contributed by atoms with Gasteiger partial charge in [-0.25, -0.2) is 9.97 Å². The second-order valence-corrected chi connectivity index (χ2v) is 15.4. The Morgan fingerprint density at radius 2 is 0.904 bits per heavy atom. The van der Waals surface area contributed by atoms with Crippen LogP contribution in [0.15, 0.2) is 158 Å². The van der Waals surface area contributed by atoms with E-state index in [0.717, 1.165) is 33.9 Å². The molecular weight excluding hydrogens is 629 g/mol. The van der Waals surface area contributed by atoms with E-state index in [1.807, 2.05) is 6.07 Å². The molecule has 0 spiro atoms. The van der Waals surface area contributed by atoms with Gasteiger partial charge < -0.3 is 0 Å². The molecular formula is C50H38N2. The molecule has 2 aliphatic rings. The monoisotopic (exact) mass is 666 g/mol. The van der Waals surface area contributed by atoms with Gasteiger partial charge >= 0.3 is 0 Å². The number of hydrogen-bond donors (Lipinski definition) is 0. The van der Waals surface area contributed by atoms with Crippen molar-refractivity contribution in [1.29, 1.82) is 0 Å². The summed E-state index contributed by atoms with van der Waals surface area (Å²) in [6, 6.07) is 57.3. The van der Waals surface area contributed by atoms with Crippen molar-refractivity contribution in [3.05, 3.63) is 180 Å². The molecule has 7 aromatic carbocycles. The van der Waals surface area contributed by atoms with Crippen LogP contribution < -0.4 is 0 Å². The second kappa shape index (κ2) is 11.2. The largest absolute Gasteiger partial charge is 0.228 e. The Hall–Kier alpha value is -6.12. The van der Waals surface area contributed by atoms with Crippen LogP contribution in [0.25, 0.3) is 78.1 Å². The molecule has 10 rings (SSSR count). The molecule has 0 aliphatic heterocycles. The highest BCUT2D eigenvalue weighted by molar-refractivity contribution is 5.99. The summed E-state index contributed by atoms with van der Waals surface area (Å²) in [5.41, 5.74) is 17.9. The third-order valence-electron chi connectivity index (χ3n) is 11.7. The maximum atomic E-state index is 5.33. The molecule has 0 bridgehead atoms. The van der Waals surface area contributed by atoms with Gasteiger partial charge in [-0.05, 0) is 90.7 Å². The highest BCUT2D eigenvalue weighted by atomic mass is 14.9. The van der Waals surface area contributed by atoms with Crippen LogP contribution in [0, 0.1) is 0 Å². The lowest BCUT2D eigenvalue weighted by Crippen LogP contribution is -2.15. The molecule has 0 fully saturated rings. The van der Waals surface area contributed by atoms with Gasteiger partial charge in [-0.2, -0.15) is 0 Å². The Balaban J connectivity index is 1.18. The molecule has 0 radical (unpaired) electrons. The van der Waals surface area contributed by atoms with E-state index < -0.39 is 0 Å². The van der Waals surface area contributed by atoms with Gasteiger partial charge in [0.25, 0.3) is 0 Å². The van der Waals surface area contributed by atoms with Gasteiger partial charge in [0, 0.05) is 27.5 Å². The van der Waals surface area contributed by atoms with Gasteiger partial charge in [-0.1, -0.05) is 161 Å². The Morgan fingerprint density at radius 1 is 0.346 bits per heavy atom. The van der Waals surface area contributed by atoms with Crippen molar-refractivity contribution >= 4 is 10.8 Å². The number of rotatable bonds is 4. The average Bonchev–Trinajstić information content (AvgIpc) is 3.56. The average molecular weight is 667 g/mol. The molecule has 0 saturated heterocycles. The van der Waals surface area contributed by atoms with E-state index >= 15 is 0 Å². The van der Waals surface area contributed by atoms with Crippen molar-refractivity contribution in [3.63, 3.8) is 0 Å². The minimum Gasteiger partial charge on any atom is -0.228 e. The fourth-order valence-electron chi connectivity index (χ4n) is 8.94. The summed E-state index contributed by atoms with van der Waals surface area (Å²) in [5, 5.41) is 2.53. The van der Waals surface area contributed by atoms with E-state index in [1.165, 1.54) is 66.4 Å². The van der Waals surface area contributed by atoms with Crippen LogP contribution in [0.5, 0.6) is 0 Å². The highest BCUT2D eigenvalue weighted by Crippen LogP contribution is 2.55. The summed E-state index contributed by atoms with van der Waals surface area (Å²) in [6.07, 6.45) is 0. The molecule has 1 heterocycles. The zero-order valence-electron chi connectivity index (χ0n) is 29.9. The molecule has 52 heavy (non-hydrogen) atoms. The fraction of sp³-hybridized carbons (Fsp3) is 0.120. The maximum absolute atomic E-state index is 5.33. The van der Waals surface area contributed by atoms with E-state index in [9.17, 15) is 0 Å². The van der Waals surface area contributed by atoms with Crippen molar-refractivity contribution in [1.82, 2.24) is 9.97 Å². The molecule has 2 aliphatic carbocycles. The zero-order valence-corrected chi connectivity index (χ0v) is 29.9. The third kappa shape index (κ3) is 4.50. The predicted octanol–water partition coefficient (Wildman–Crippen LogP) is 12.9. The summed E-state index contributed by atoms with van der Waals surface area (Å²) in [6.45, 7) is 9.41. The van der Waals surface area contributed by atoms with Gasteiger partial charge in [0.05, 0.1) is 11.4 Å². The van der Waals surface area contributed by atoms with Crippen LogP contribution in [0.1, 0.15) is 49.9 Å². The van der Waals surface area contributed by atoms with Gasteiger partial charge in [-0.3, -0.25) is 0 Å². The topological polar surface area (TPSA) is 25.8 Å². The van der Waals surface area contributed by atoms with E-state index in [0.29, 0.717) is 0 Å². The Bertz CT molecular complexity index is 2720. The van der Waals surface area contributed by atoms with Crippen molar-refractivity contribution in [2.75, 3.05) is 0 Å². The van der Waals surface area contributed by atoms with E-state index in [1.54, 1.807) is 0 Å². The van der Waals surface area contributed by atoms with Crippen LogP contribution in [-0.2, 0) is 10.8 Å². The Morgan fingerprint density at radius 3 is 1.60 bits per heavy atom. The third-order valence-corrected chi connectivity index (χ3v) is 11.7. The molecule has 8 aromatic rings. The van der Waals surface area contributed by atoms with E-state index in [4.69, 9.17) is 9.97 Å². The molecule has 0 atom stereocenters. The van der Waals surface area contributed by atoms with Crippen LogP contribution in [-0.4, -0.2) is 9.97 Å². The zero-order chi connectivity index (χ0) is 35.2.